The van der Waals surface area contributed by atoms with Crippen LogP contribution in [0.3, 0.4) is 0 Å². The molecule has 0 spiro atoms. The second-order valence-electron chi connectivity index (χ2n) is 6.18. The third kappa shape index (κ3) is 3.70. The van der Waals surface area contributed by atoms with Crippen molar-refractivity contribution in [1.82, 2.24) is 10.2 Å². The van der Waals surface area contributed by atoms with E-state index in [1.54, 1.807) is 29.2 Å². The number of hydrogen-bond acceptors (Lipinski definition) is 3. The summed E-state index contributed by atoms with van der Waals surface area (Å²) >= 11 is 0. The van der Waals surface area contributed by atoms with E-state index in [1.807, 2.05) is 0 Å². The van der Waals surface area contributed by atoms with Crippen LogP contribution in [0.5, 0.6) is 0 Å². The summed E-state index contributed by atoms with van der Waals surface area (Å²) < 4.78 is 0. The Labute approximate surface area is 135 Å². The Morgan fingerprint density at radius 2 is 1.78 bits per heavy atom. The maximum absolute atomic E-state index is 12.3. The summed E-state index contributed by atoms with van der Waals surface area (Å²) in [5, 5.41) is 5.75. The lowest BCUT2D eigenvalue weighted by molar-refractivity contribution is -0.134. The predicted molar refractivity (Wildman–Crippen MR) is 86.0 cm³/mol. The van der Waals surface area contributed by atoms with Crippen molar-refractivity contribution in [2.24, 2.45) is 0 Å². The Balaban J connectivity index is 1.60. The number of anilines is 1. The van der Waals surface area contributed by atoms with Gasteiger partial charge in [-0.1, -0.05) is 0 Å². The van der Waals surface area contributed by atoms with E-state index in [4.69, 9.17) is 0 Å². The molecule has 1 aliphatic carbocycles. The number of benzene rings is 1. The van der Waals surface area contributed by atoms with E-state index in [9.17, 15) is 14.4 Å². The number of likely N-dealkylation sites (tertiary alicyclic amines) is 1. The highest BCUT2D eigenvalue weighted by Gasteiger charge is 2.32. The molecule has 0 bridgehead atoms. The number of nitrogens with zero attached hydrogens (tertiary/aromatic N) is 1. The quantitative estimate of drug-likeness (QED) is 0.884. The van der Waals surface area contributed by atoms with Crippen molar-refractivity contribution < 1.29 is 14.4 Å². The topological polar surface area (TPSA) is 78.5 Å². The summed E-state index contributed by atoms with van der Waals surface area (Å²) in [6.07, 6.45) is 3.63. The number of amides is 3. The van der Waals surface area contributed by atoms with Crippen LogP contribution in [0, 0.1) is 0 Å². The molecule has 1 aliphatic heterocycles. The predicted octanol–water partition coefficient (Wildman–Crippen LogP) is 1.53. The van der Waals surface area contributed by atoms with Crippen LogP contribution < -0.4 is 10.6 Å². The molecule has 3 amide bonds. The summed E-state index contributed by atoms with van der Waals surface area (Å²) in [6.45, 7) is 2.12. The van der Waals surface area contributed by atoms with Gasteiger partial charge in [0.2, 0.25) is 11.8 Å². The van der Waals surface area contributed by atoms with E-state index < -0.39 is 6.04 Å². The molecule has 23 heavy (non-hydrogen) atoms. The fourth-order valence-electron chi connectivity index (χ4n) is 2.84. The van der Waals surface area contributed by atoms with Gasteiger partial charge in [0.15, 0.2) is 0 Å². The normalized spacial score (nSPS) is 20.2. The van der Waals surface area contributed by atoms with Crippen LogP contribution in [-0.2, 0) is 9.59 Å². The Morgan fingerprint density at radius 3 is 2.39 bits per heavy atom. The smallest absolute Gasteiger partial charge is 0.251 e. The van der Waals surface area contributed by atoms with Crippen molar-refractivity contribution in [2.75, 3.05) is 11.9 Å². The van der Waals surface area contributed by atoms with Gasteiger partial charge in [-0.3, -0.25) is 14.4 Å². The highest BCUT2D eigenvalue weighted by molar-refractivity contribution is 5.98. The van der Waals surface area contributed by atoms with Gasteiger partial charge in [-0.05, 0) is 49.9 Å². The van der Waals surface area contributed by atoms with Crippen molar-refractivity contribution in [3.8, 4) is 0 Å². The van der Waals surface area contributed by atoms with Gasteiger partial charge in [0.05, 0.1) is 0 Å². The molecule has 1 aromatic rings. The molecular formula is C17H21N3O3. The summed E-state index contributed by atoms with van der Waals surface area (Å²) in [5.41, 5.74) is 1.22. The van der Waals surface area contributed by atoms with Gasteiger partial charge in [-0.15, -0.1) is 0 Å². The molecule has 1 saturated carbocycles. The minimum absolute atomic E-state index is 0.0743. The monoisotopic (exact) mass is 315 g/mol. The minimum atomic E-state index is -0.398. The number of rotatable bonds is 4. The first kappa shape index (κ1) is 15.5. The van der Waals surface area contributed by atoms with Crippen LogP contribution in [0.2, 0.25) is 0 Å². The highest BCUT2D eigenvalue weighted by atomic mass is 16.2. The minimum Gasteiger partial charge on any atom is -0.349 e. The molecule has 6 nitrogen and oxygen atoms in total. The molecule has 2 fully saturated rings. The van der Waals surface area contributed by atoms with E-state index in [2.05, 4.69) is 10.6 Å². The van der Waals surface area contributed by atoms with Crippen molar-refractivity contribution in [3.63, 3.8) is 0 Å². The van der Waals surface area contributed by atoms with E-state index in [1.165, 1.54) is 6.92 Å². The first-order valence-electron chi connectivity index (χ1n) is 8.03. The van der Waals surface area contributed by atoms with Gasteiger partial charge in [0, 0.05) is 30.8 Å². The zero-order valence-corrected chi connectivity index (χ0v) is 13.2. The molecule has 0 radical (unpaired) electrons. The number of carbonyl (C=O) groups excluding carboxylic acids is 3. The Bertz CT molecular complexity index is 622. The second-order valence-corrected chi connectivity index (χ2v) is 6.18. The van der Waals surface area contributed by atoms with Crippen LogP contribution >= 0.6 is 0 Å². The molecule has 122 valence electrons. The summed E-state index contributed by atoms with van der Waals surface area (Å²) in [7, 11) is 0. The molecule has 1 saturated heterocycles. The maximum Gasteiger partial charge on any atom is 0.251 e. The first-order valence-corrected chi connectivity index (χ1v) is 8.03. The molecule has 2 N–H and O–H groups in total. The highest BCUT2D eigenvalue weighted by Crippen LogP contribution is 2.21. The van der Waals surface area contributed by atoms with Crippen LogP contribution in [0.25, 0.3) is 0 Å². The lowest BCUT2D eigenvalue weighted by atomic mass is 10.1. The largest absolute Gasteiger partial charge is 0.349 e. The van der Waals surface area contributed by atoms with Gasteiger partial charge in [0.1, 0.15) is 6.04 Å². The average Bonchev–Trinajstić information content (AvgIpc) is 3.19. The number of hydrogen-bond donors (Lipinski definition) is 2. The van der Waals surface area contributed by atoms with E-state index in [0.717, 1.165) is 19.3 Å². The standard InChI is InChI=1S/C17H21N3O3/c1-11(21)20-10-2-3-15(20)17(23)19-13-6-4-12(5-7-13)16(22)18-14-8-9-14/h4-7,14-15H,2-3,8-10H2,1H3,(H,18,22)(H,19,23)/t15-/m1/s1. The molecular weight excluding hydrogens is 294 g/mol. The average molecular weight is 315 g/mol. The lowest BCUT2D eigenvalue weighted by Gasteiger charge is -2.22. The van der Waals surface area contributed by atoms with Crippen molar-refractivity contribution in [1.29, 1.82) is 0 Å². The van der Waals surface area contributed by atoms with Crippen molar-refractivity contribution in [2.45, 2.75) is 44.7 Å². The van der Waals surface area contributed by atoms with Gasteiger partial charge in [-0.25, -0.2) is 0 Å². The van der Waals surface area contributed by atoms with Gasteiger partial charge >= 0.3 is 0 Å². The number of nitrogens with one attached hydrogen (secondary N) is 2. The fraction of sp³-hybridized carbons (Fsp3) is 0.471. The Morgan fingerprint density at radius 1 is 1.09 bits per heavy atom. The Hall–Kier alpha value is -2.37. The van der Waals surface area contributed by atoms with Crippen LogP contribution in [0.15, 0.2) is 24.3 Å². The molecule has 1 aromatic carbocycles. The molecule has 0 unspecified atom stereocenters. The van der Waals surface area contributed by atoms with Crippen LogP contribution in [0.4, 0.5) is 5.69 Å². The van der Waals surface area contributed by atoms with Crippen LogP contribution in [-0.4, -0.2) is 41.2 Å². The summed E-state index contributed by atoms with van der Waals surface area (Å²) in [5.74, 6) is -0.327. The molecule has 3 rings (SSSR count). The van der Waals surface area contributed by atoms with Crippen molar-refractivity contribution >= 4 is 23.4 Å². The van der Waals surface area contributed by atoms with Crippen molar-refractivity contribution in [3.05, 3.63) is 29.8 Å². The summed E-state index contributed by atoms with van der Waals surface area (Å²) in [4.78, 5) is 37.4. The maximum atomic E-state index is 12.3. The second kappa shape index (κ2) is 6.40. The van der Waals surface area contributed by atoms with Crippen LogP contribution in [0.1, 0.15) is 43.0 Å². The third-order valence-electron chi connectivity index (χ3n) is 4.29. The molecule has 1 heterocycles. The molecule has 6 heteroatoms. The Kier molecular flexibility index (Phi) is 4.32. The molecule has 1 atom stereocenters. The molecule has 0 aromatic heterocycles. The van der Waals surface area contributed by atoms with Gasteiger partial charge in [0.25, 0.3) is 5.91 Å². The third-order valence-corrected chi connectivity index (χ3v) is 4.29. The SMILES string of the molecule is CC(=O)N1CCC[C@@H]1C(=O)Nc1ccc(C(=O)NC2CC2)cc1. The number of carbonyl (C=O) groups is 3. The fourth-order valence-corrected chi connectivity index (χ4v) is 2.84. The van der Waals surface area contributed by atoms with E-state index in [-0.39, 0.29) is 17.7 Å². The summed E-state index contributed by atoms with van der Waals surface area (Å²) in [6, 6.07) is 6.75. The van der Waals surface area contributed by atoms with E-state index >= 15 is 0 Å². The first-order chi connectivity index (χ1) is 11.0. The van der Waals surface area contributed by atoms with Gasteiger partial charge < -0.3 is 15.5 Å². The zero-order valence-electron chi connectivity index (χ0n) is 13.2. The molecule has 2 aliphatic rings. The van der Waals surface area contributed by atoms with Gasteiger partial charge in [-0.2, -0.15) is 0 Å². The lowest BCUT2D eigenvalue weighted by Crippen LogP contribution is -2.42. The zero-order chi connectivity index (χ0) is 16.4. The van der Waals surface area contributed by atoms with E-state index in [0.29, 0.717) is 30.3 Å².